The van der Waals surface area contributed by atoms with Gasteiger partial charge in [0.05, 0.1) is 11.0 Å². The molecule has 0 aliphatic carbocycles. The van der Waals surface area contributed by atoms with Crippen LogP contribution in [0.2, 0.25) is 0 Å². The smallest absolute Gasteiger partial charge is 0.310 e. The SMILES string of the molecule is CC(C)(CNC(=O)c1ccncc1Br)C(=O)O. The number of hydrogen-bond acceptors (Lipinski definition) is 3. The van der Waals surface area contributed by atoms with Crippen molar-refractivity contribution in [2.45, 2.75) is 13.8 Å². The Morgan fingerprint density at radius 3 is 2.71 bits per heavy atom. The lowest BCUT2D eigenvalue weighted by Crippen LogP contribution is -2.39. The number of carbonyl (C=O) groups excluding carboxylic acids is 1. The second-order valence-electron chi connectivity index (χ2n) is 4.23. The van der Waals surface area contributed by atoms with E-state index >= 15 is 0 Å². The summed E-state index contributed by atoms with van der Waals surface area (Å²) in [4.78, 5) is 26.5. The fraction of sp³-hybridized carbons (Fsp3) is 0.364. The molecular formula is C11H13BrN2O3. The van der Waals surface area contributed by atoms with Crippen molar-refractivity contribution in [1.29, 1.82) is 0 Å². The van der Waals surface area contributed by atoms with E-state index in [0.717, 1.165) is 0 Å². The third-order valence-corrected chi connectivity index (χ3v) is 2.92. The van der Waals surface area contributed by atoms with E-state index in [9.17, 15) is 9.59 Å². The number of hydrogen-bond donors (Lipinski definition) is 2. The largest absolute Gasteiger partial charge is 0.481 e. The summed E-state index contributed by atoms with van der Waals surface area (Å²) in [6, 6.07) is 1.56. The molecule has 0 aliphatic rings. The summed E-state index contributed by atoms with van der Waals surface area (Å²) in [6.45, 7) is 3.17. The van der Waals surface area contributed by atoms with E-state index < -0.39 is 11.4 Å². The maximum atomic E-state index is 11.8. The Morgan fingerprint density at radius 1 is 1.53 bits per heavy atom. The molecule has 6 heteroatoms. The summed E-state index contributed by atoms with van der Waals surface area (Å²) < 4.78 is 0.575. The van der Waals surface area contributed by atoms with Crippen LogP contribution in [0.25, 0.3) is 0 Å². The monoisotopic (exact) mass is 300 g/mol. The van der Waals surface area contributed by atoms with Crippen molar-refractivity contribution in [2.24, 2.45) is 5.41 Å². The normalized spacial score (nSPS) is 11.0. The minimum atomic E-state index is -0.991. The molecule has 1 rings (SSSR count). The molecule has 1 aromatic heterocycles. The van der Waals surface area contributed by atoms with Crippen LogP contribution in [-0.2, 0) is 4.79 Å². The van der Waals surface area contributed by atoms with Gasteiger partial charge < -0.3 is 10.4 Å². The average molecular weight is 301 g/mol. The van der Waals surface area contributed by atoms with Crippen molar-refractivity contribution in [3.8, 4) is 0 Å². The van der Waals surface area contributed by atoms with Gasteiger partial charge in [-0.25, -0.2) is 0 Å². The molecule has 1 heterocycles. The lowest BCUT2D eigenvalue weighted by Gasteiger charge is -2.19. The predicted molar refractivity (Wildman–Crippen MR) is 65.7 cm³/mol. The molecule has 0 aromatic carbocycles. The maximum absolute atomic E-state index is 11.8. The molecule has 1 aromatic rings. The Labute approximate surface area is 107 Å². The van der Waals surface area contributed by atoms with Gasteiger partial charge >= 0.3 is 5.97 Å². The Balaban J connectivity index is 2.69. The summed E-state index contributed by atoms with van der Waals surface area (Å²) in [5, 5.41) is 11.5. The Kier molecular flexibility index (Phi) is 4.22. The number of amides is 1. The number of pyridine rings is 1. The van der Waals surface area contributed by atoms with Crippen LogP contribution in [0.3, 0.4) is 0 Å². The summed E-state index contributed by atoms with van der Waals surface area (Å²) in [7, 11) is 0. The van der Waals surface area contributed by atoms with E-state index in [1.54, 1.807) is 19.9 Å². The number of halogens is 1. The quantitative estimate of drug-likeness (QED) is 0.887. The van der Waals surface area contributed by atoms with Crippen molar-refractivity contribution in [3.05, 3.63) is 28.5 Å². The van der Waals surface area contributed by atoms with Crippen molar-refractivity contribution >= 4 is 27.8 Å². The molecule has 1 amide bonds. The summed E-state index contributed by atoms with van der Waals surface area (Å²) in [5.41, 5.74) is -0.559. The van der Waals surface area contributed by atoms with Crippen LogP contribution < -0.4 is 5.32 Å². The highest BCUT2D eigenvalue weighted by molar-refractivity contribution is 9.10. The fourth-order valence-electron chi connectivity index (χ4n) is 1.03. The van der Waals surface area contributed by atoms with Crippen LogP contribution in [0.1, 0.15) is 24.2 Å². The number of carbonyl (C=O) groups is 2. The Hall–Kier alpha value is -1.43. The molecule has 0 fully saturated rings. The Morgan fingerprint density at radius 2 is 2.18 bits per heavy atom. The van der Waals surface area contributed by atoms with E-state index in [0.29, 0.717) is 10.0 Å². The molecule has 2 N–H and O–H groups in total. The van der Waals surface area contributed by atoms with Gasteiger partial charge in [0.1, 0.15) is 0 Å². The number of aromatic nitrogens is 1. The number of nitrogens with one attached hydrogen (secondary N) is 1. The van der Waals surface area contributed by atoms with Gasteiger partial charge in [0.15, 0.2) is 0 Å². The zero-order valence-corrected chi connectivity index (χ0v) is 11.1. The Bertz CT molecular complexity index is 446. The topological polar surface area (TPSA) is 79.3 Å². The van der Waals surface area contributed by atoms with E-state index in [1.807, 2.05) is 0 Å². The molecule has 17 heavy (non-hydrogen) atoms. The number of carboxylic acids is 1. The number of nitrogens with zero attached hydrogens (tertiary/aromatic N) is 1. The third kappa shape index (κ3) is 3.52. The zero-order valence-electron chi connectivity index (χ0n) is 9.53. The highest BCUT2D eigenvalue weighted by Crippen LogP contribution is 2.16. The van der Waals surface area contributed by atoms with E-state index in [-0.39, 0.29) is 12.5 Å². The van der Waals surface area contributed by atoms with E-state index in [4.69, 9.17) is 5.11 Å². The highest BCUT2D eigenvalue weighted by Gasteiger charge is 2.27. The van der Waals surface area contributed by atoms with Crippen LogP contribution in [0, 0.1) is 5.41 Å². The second-order valence-corrected chi connectivity index (χ2v) is 5.08. The molecule has 92 valence electrons. The minimum Gasteiger partial charge on any atom is -0.481 e. The first-order valence-corrected chi connectivity index (χ1v) is 5.75. The number of rotatable bonds is 4. The molecule has 0 unspecified atom stereocenters. The van der Waals surface area contributed by atoms with Crippen LogP contribution in [-0.4, -0.2) is 28.5 Å². The van der Waals surface area contributed by atoms with Gasteiger partial charge in [-0.05, 0) is 35.8 Å². The fourth-order valence-corrected chi connectivity index (χ4v) is 1.46. The molecule has 5 nitrogen and oxygen atoms in total. The van der Waals surface area contributed by atoms with Crippen LogP contribution in [0.15, 0.2) is 22.9 Å². The predicted octanol–water partition coefficient (Wildman–Crippen LogP) is 1.68. The van der Waals surface area contributed by atoms with Gasteiger partial charge in [-0.2, -0.15) is 0 Å². The van der Waals surface area contributed by atoms with Gasteiger partial charge in [0.25, 0.3) is 5.91 Å². The standard InChI is InChI=1S/C11H13BrN2O3/c1-11(2,10(16)17)6-14-9(15)7-3-4-13-5-8(7)12/h3-5H,6H2,1-2H3,(H,14,15)(H,16,17). The third-order valence-electron chi connectivity index (χ3n) is 2.29. The van der Waals surface area contributed by atoms with Crippen molar-refractivity contribution < 1.29 is 14.7 Å². The van der Waals surface area contributed by atoms with Gasteiger partial charge in [0, 0.05) is 23.4 Å². The molecule has 0 saturated carbocycles. The van der Waals surface area contributed by atoms with Gasteiger partial charge in [-0.3, -0.25) is 14.6 Å². The van der Waals surface area contributed by atoms with Crippen molar-refractivity contribution in [3.63, 3.8) is 0 Å². The molecular weight excluding hydrogens is 288 g/mol. The van der Waals surface area contributed by atoms with Gasteiger partial charge in [0.2, 0.25) is 0 Å². The van der Waals surface area contributed by atoms with Crippen molar-refractivity contribution in [1.82, 2.24) is 10.3 Å². The molecule has 0 atom stereocenters. The summed E-state index contributed by atoms with van der Waals surface area (Å²) >= 11 is 3.21. The van der Waals surface area contributed by atoms with Crippen molar-refractivity contribution in [2.75, 3.05) is 6.54 Å². The molecule has 0 spiro atoms. The average Bonchev–Trinajstić information content (AvgIpc) is 2.26. The van der Waals surface area contributed by atoms with Gasteiger partial charge in [-0.15, -0.1) is 0 Å². The minimum absolute atomic E-state index is 0.0654. The molecule has 0 radical (unpaired) electrons. The number of aliphatic carboxylic acids is 1. The zero-order chi connectivity index (χ0) is 13.1. The summed E-state index contributed by atoms with van der Waals surface area (Å²) in [6.07, 6.45) is 3.01. The molecule has 0 aliphatic heterocycles. The molecule has 0 saturated heterocycles. The first-order chi connectivity index (χ1) is 7.84. The van der Waals surface area contributed by atoms with Crippen LogP contribution in [0.5, 0.6) is 0 Å². The van der Waals surface area contributed by atoms with Gasteiger partial charge in [-0.1, -0.05) is 0 Å². The highest BCUT2D eigenvalue weighted by atomic mass is 79.9. The lowest BCUT2D eigenvalue weighted by atomic mass is 9.94. The van der Waals surface area contributed by atoms with E-state index in [2.05, 4.69) is 26.2 Å². The molecule has 0 bridgehead atoms. The van der Waals surface area contributed by atoms with Crippen LogP contribution >= 0.6 is 15.9 Å². The van der Waals surface area contributed by atoms with E-state index in [1.165, 1.54) is 12.4 Å². The van der Waals surface area contributed by atoms with Crippen LogP contribution in [0.4, 0.5) is 0 Å². The number of carboxylic acid groups (broad SMARTS) is 1. The first kappa shape index (κ1) is 13.6. The summed E-state index contributed by atoms with van der Waals surface area (Å²) in [5.74, 6) is -1.28. The lowest BCUT2D eigenvalue weighted by molar-refractivity contribution is -0.146. The first-order valence-electron chi connectivity index (χ1n) is 4.96. The maximum Gasteiger partial charge on any atom is 0.310 e. The second kappa shape index (κ2) is 5.27.